The van der Waals surface area contributed by atoms with Crippen molar-refractivity contribution in [3.05, 3.63) is 18.5 Å². The molecule has 0 bridgehead atoms. The molecule has 8 nitrogen and oxygen atoms in total. The van der Waals surface area contributed by atoms with E-state index in [9.17, 15) is 4.79 Å². The van der Waals surface area contributed by atoms with E-state index in [2.05, 4.69) is 58.5 Å². The van der Waals surface area contributed by atoms with Crippen LogP contribution in [-0.2, 0) is 4.79 Å². The summed E-state index contributed by atoms with van der Waals surface area (Å²) >= 11 is 0. The molecule has 0 unspecified atom stereocenters. The van der Waals surface area contributed by atoms with Gasteiger partial charge in [-0.1, -0.05) is 0 Å². The number of amides is 1. The first-order chi connectivity index (χ1) is 13.2. The van der Waals surface area contributed by atoms with Gasteiger partial charge < -0.3 is 15.5 Å². The van der Waals surface area contributed by atoms with E-state index in [0.717, 1.165) is 50.2 Å². The van der Waals surface area contributed by atoms with Gasteiger partial charge in [0, 0.05) is 36.1 Å². The number of hydrogen-bond donors (Lipinski definition) is 2. The third kappa shape index (κ3) is 4.11. The highest BCUT2D eigenvalue weighted by Crippen LogP contribution is 2.29. The van der Waals surface area contributed by atoms with Crippen molar-refractivity contribution in [2.45, 2.75) is 70.5 Å². The van der Waals surface area contributed by atoms with Gasteiger partial charge in [0.05, 0.1) is 0 Å². The Labute approximate surface area is 166 Å². The minimum atomic E-state index is 0.0373. The highest BCUT2D eigenvalue weighted by Gasteiger charge is 2.39. The highest BCUT2D eigenvalue weighted by atomic mass is 16.2. The zero-order valence-corrected chi connectivity index (χ0v) is 17.3. The summed E-state index contributed by atoms with van der Waals surface area (Å²) in [7, 11) is 0. The largest absolute Gasteiger partial charge is 0.355 e. The minimum Gasteiger partial charge on any atom is -0.355 e. The normalized spacial score (nSPS) is 23.1. The molecule has 4 heterocycles. The summed E-state index contributed by atoms with van der Waals surface area (Å²) in [5.41, 5.74) is 0.816. The standard InChI is InChI=1S/C20H31N7O/c1-19(2)11-15(12-20(3,4)25-19)22-18(28)14-7-9-26(10-8-14)17-6-5-16-23-21-13-27(16)24-17/h5-6,13-15,25H,7-12H2,1-4H3,(H,22,28). The van der Waals surface area contributed by atoms with Crippen molar-refractivity contribution in [2.75, 3.05) is 18.0 Å². The van der Waals surface area contributed by atoms with Crippen molar-refractivity contribution in [2.24, 2.45) is 5.92 Å². The Morgan fingerprint density at radius 3 is 2.50 bits per heavy atom. The van der Waals surface area contributed by atoms with Crippen LogP contribution in [0.25, 0.3) is 5.65 Å². The van der Waals surface area contributed by atoms with Crippen LogP contribution in [0.5, 0.6) is 0 Å². The summed E-state index contributed by atoms with van der Waals surface area (Å²) in [4.78, 5) is 15.1. The molecule has 2 saturated heterocycles. The third-order valence-electron chi connectivity index (χ3n) is 5.87. The maximum atomic E-state index is 12.9. The number of nitrogens with one attached hydrogen (secondary N) is 2. The number of aromatic nitrogens is 4. The molecule has 28 heavy (non-hydrogen) atoms. The van der Waals surface area contributed by atoms with E-state index in [1.807, 2.05) is 12.1 Å². The topological polar surface area (TPSA) is 87.5 Å². The van der Waals surface area contributed by atoms with Crippen molar-refractivity contribution in [1.29, 1.82) is 0 Å². The van der Waals surface area contributed by atoms with Gasteiger partial charge in [0.1, 0.15) is 12.1 Å². The molecule has 1 amide bonds. The molecule has 4 rings (SSSR count). The van der Waals surface area contributed by atoms with Gasteiger partial charge in [-0.05, 0) is 65.5 Å². The molecule has 0 atom stereocenters. The Kier molecular flexibility index (Phi) is 4.77. The van der Waals surface area contributed by atoms with Gasteiger partial charge in [-0.15, -0.1) is 15.3 Å². The molecule has 0 aromatic carbocycles. The Bertz CT molecular complexity index is 835. The van der Waals surface area contributed by atoms with Crippen molar-refractivity contribution in [3.8, 4) is 0 Å². The SMILES string of the molecule is CC1(C)CC(NC(=O)C2CCN(c3ccc4nncn4n3)CC2)CC(C)(C)N1. The van der Waals surface area contributed by atoms with Gasteiger partial charge in [-0.25, -0.2) is 0 Å². The van der Waals surface area contributed by atoms with Crippen LogP contribution < -0.4 is 15.5 Å². The van der Waals surface area contributed by atoms with Crippen LogP contribution >= 0.6 is 0 Å². The Balaban J connectivity index is 1.33. The first-order valence-electron chi connectivity index (χ1n) is 10.2. The Hall–Kier alpha value is -2.22. The van der Waals surface area contributed by atoms with Gasteiger partial charge in [0.2, 0.25) is 5.91 Å². The summed E-state index contributed by atoms with van der Waals surface area (Å²) in [5.74, 6) is 1.20. The van der Waals surface area contributed by atoms with Crippen molar-refractivity contribution in [3.63, 3.8) is 0 Å². The second kappa shape index (κ2) is 6.99. The molecule has 2 N–H and O–H groups in total. The lowest BCUT2D eigenvalue weighted by atomic mass is 9.79. The molecule has 0 aliphatic carbocycles. The van der Waals surface area contributed by atoms with Crippen LogP contribution in [0.1, 0.15) is 53.4 Å². The van der Waals surface area contributed by atoms with E-state index in [1.54, 1.807) is 10.8 Å². The van der Waals surface area contributed by atoms with Crippen molar-refractivity contribution >= 4 is 17.4 Å². The monoisotopic (exact) mass is 385 g/mol. The fourth-order valence-corrected chi connectivity index (χ4v) is 5.00. The number of nitrogens with zero attached hydrogens (tertiary/aromatic N) is 5. The average Bonchev–Trinajstić information content (AvgIpc) is 3.06. The van der Waals surface area contributed by atoms with Gasteiger partial charge >= 0.3 is 0 Å². The summed E-state index contributed by atoms with van der Waals surface area (Å²) < 4.78 is 1.69. The van der Waals surface area contributed by atoms with Crippen LogP contribution in [0.3, 0.4) is 0 Å². The highest BCUT2D eigenvalue weighted by molar-refractivity contribution is 5.79. The molecule has 2 aliphatic rings. The molecule has 0 spiro atoms. The van der Waals surface area contributed by atoms with Gasteiger partial charge in [0.25, 0.3) is 0 Å². The van der Waals surface area contributed by atoms with Crippen LogP contribution in [-0.4, -0.2) is 55.9 Å². The summed E-state index contributed by atoms with van der Waals surface area (Å²) in [5, 5.41) is 19.4. The number of fused-ring (bicyclic) bond motifs is 1. The molecule has 2 aromatic rings. The number of carbonyl (C=O) groups excluding carboxylic acids is 1. The summed E-state index contributed by atoms with van der Waals surface area (Å²) in [6.45, 7) is 10.5. The molecule has 0 radical (unpaired) electrons. The molecule has 2 aliphatic heterocycles. The van der Waals surface area contributed by atoms with Crippen molar-refractivity contribution < 1.29 is 4.79 Å². The van der Waals surface area contributed by atoms with Gasteiger partial charge in [-0.2, -0.15) is 4.52 Å². The molecular formula is C20H31N7O. The summed E-state index contributed by atoms with van der Waals surface area (Å²) in [6.07, 6.45) is 5.24. The molecular weight excluding hydrogens is 354 g/mol. The molecule has 152 valence electrons. The van der Waals surface area contributed by atoms with E-state index in [4.69, 9.17) is 0 Å². The molecule has 0 saturated carbocycles. The third-order valence-corrected chi connectivity index (χ3v) is 5.87. The Morgan fingerprint density at radius 2 is 1.82 bits per heavy atom. The minimum absolute atomic E-state index is 0.0373. The smallest absolute Gasteiger partial charge is 0.223 e. The molecule has 2 aromatic heterocycles. The number of carbonyl (C=O) groups is 1. The lowest BCUT2D eigenvalue weighted by molar-refractivity contribution is -0.126. The Morgan fingerprint density at radius 1 is 1.14 bits per heavy atom. The first-order valence-corrected chi connectivity index (χ1v) is 10.2. The van der Waals surface area contributed by atoms with E-state index < -0.39 is 0 Å². The zero-order valence-electron chi connectivity index (χ0n) is 17.3. The fourth-order valence-electron chi connectivity index (χ4n) is 5.00. The van der Waals surface area contributed by atoms with Crippen LogP contribution in [0.2, 0.25) is 0 Å². The van der Waals surface area contributed by atoms with Crippen LogP contribution in [0.15, 0.2) is 18.5 Å². The van der Waals surface area contributed by atoms with Crippen LogP contribution in [0, 0.1) is 5.92 Å². The lowest BCUT2D eigenvalue weighted by Crippen LogP contribution is -2.62. The van der Waals surface area contributed by atoms with E-state index in [-0.39, 0.29) is 28.9 Å². The zero-order chi connectivity index (χ0) is 19.9. The van der Waals surface area contributed by atoms with Gasteiger partial charge in [-0.3, -0.25) is 4.79 Å². The van der Waals surface area contributed by atoms with Gasteiger partial charge in [0.15, 0.2) is 5.65 Å². The second-order valence-electron chi connectivity index (χ2n) is 9.59. The second-order valence-corrected chi connectivity index (χ2v) is 9.59. The van der Waals surface area contributed by atoms with Crippen LogP contribution in [0.4, 0.5) is 5.82 Å². The van der Waals surface area contributed by atoms with E-state index in [1.165, 1.54) is 0 Å². The van der Waals surface area contributed by atoms with Crippen molar-refractivity contribution in [1.82, 2.24) is 30.4 Å². The molecule has 2 fully saturated rings. The first kappa shape index (κ1) is 19.1. The maximum absolute atomic E-state index is 12.9. The quantitative estimate of drug-likeness (QED) is 0.837. The fraction of sp³-hybridized carbons (Fsp3) is 0.700. The van der Waals surface area contributed by atoms with E-state index in [0.29, 0.717) is 0 Å². The number of hydrogen-bond acceptors (Lipinski definition) is 6. The molecule has 8 heteroatoms. The van der Waals surface area contributed by atoms with E-state index >= 15 is 0 Å². The predicted octanol–water partition coefficient (Wildman–Crippen LogP) is 1.77. The maximum Gasteiger partial charge on any atom is 0.223 e. The average molecular weight is 386 g/mol. The summed E-state index contributed by atoms with van der Waals surface area (Å²) in [6, 6.07) is 4.13. The number of piperidine rings is 2. The lowest BCUT2D eigenvalue weighted by Gasteiger charge is -2.47. The predicted molar refractivity (Wildman–Crippen MR) is 108 cm³/mol. The number of rotatable bonds is 3. The number of anilines is 1.